The first-order valence-electron chi connectivity index (χ1n) is 2.52. The van der Waals surface area contributed by atoms with Crippen molar-refractivity contribution < 1.29 is 9.90 Å². The number of carbonyl (C=O) groups is 1. The molecular formula is C5H10N2O2. The summed E-state index contributed by atoms with van der Waals surface area (Å²) in [5, 5.41) is 14.9. The van der Waals surface area contributed by atoms with Crippen LogP contribution in [-0.2, 0) is 4.79 Å². The van der Waals surface area contributed by atoms with Crippen LogP contribution in [0, 0.1) is 5.41 Å². The molecule has 0 aromatic heterocycles. The minimum absolute atomic E-state index is 0.0718. The molecule has 0 aliphatic heterocycles. The first kappa shape index (κ1) is 8.10. The molecule has 0 aromatic carbocycles. The molecule has 0 radical (unpaired) electrons. The van der Waals surface area contributed by atoms with E-state index in [-0.39, 0.29) is 6.42 Å². The van der Waals surface area contributed by atoms with Crippen LogP contribution < -0.4 is 5.73 Å². The Bertz CT molecular complexity index is 131. The largest absolute Gasteiger partial charge is 0.480 e. The molecule has 0 rings (SSSR count). The lowest BCUT2D eigenvalue weighted by atomic mass is 10.0. The van der Waals surface area contributed by atoms with Gasteiger partial charge in [0.05, 0.1) is 0 Å². The van der Waals surface area contributed by atoms with E-state index in [1.165, 1.54) is 6.92 Å². The van der Waals surface area contributed by atoms with Crippen molar-refractivity contribution in [1.29, 1.82) is 5.41 Å². The summed E-state index contributed by atoms with van der Waals surface area (Å²) in [6, 6.07) is 0. The average molecular weight is 130 g/mol. The van der Waals surface area contributed by atoms with Gasteiger partial charge in [-0.1, -0.05) is 0 Å². The van der Waals surface area contributed by atoms with Gasteiger partial charge < -0.3 is 16.2 Å². The molecule has 0 aliphatic rings. The number of hydrogen-bond acceptors (Lipinski definition) is 3. The van der Waals surface area contributed by atoms with E-state index in [4.69, 9.17) is 16.2 Å². The summed E-state index contributed by atoms with van der Waals surface area (Å²) in [6.07, 6.45) is 1.07. The summed E-state index contributed by atoms with van der Waals surface area (Å²) in [5.41, 5.74) is 3.94. The second-order valence-corrected chi connectivity index (χ2v) is 2.13. The molecule has 0 spiro atoms. The SMILES string of the molecule is CC(N)(CC=N)C(=O)O. The minimum atomic E-state index is -1.28. The van der Waals surface area contributed by atoms with Crippen LogP contribution in [0.3, 0.4) is 0 Å². The van der Waals surface area contributed by atoms with Gasteiger partial charge in [-0.25, -0.2) is 0 Å². The van der Waals surface area contributed by atoms with Gasteiger partial charge in [-0.3, -0.25) is 4.79 Å². The van der Waals surface area contributed by atoms with Gasteiger partial charge in [0.25, 0.3) is 0 Å². The van der Waals surface area contributed by atoms with Crippen molar-refractivity contribution >= 4 is 12.2 Å². The summed E-state index contributed by atoms with van der Waals surface area (Å²) in [5.74, 6) is -1.08. The van der Waals surface area contributed by atoms with Crippen molar-refractivity contribution in [3.8, 4) is 0 Å². The standard InChI is InChI=1S/C5H10N2O2/c1-5(7,2-3-6)4(8)9/h3,6H,2,7H2,1H3,(H,8,9). The number of hydrogen-bond donors (Lipinski definition) is 3. The van der Waals surface area contributed by atoms with Crippen LogP contribution in [0.25, 0.3) is 0 Å². The van der Waals surface area contributed by atoms with Crippen LogP contribution in [0.1, 0.15) is 13.3 Å². The van der Waals surface area contributed by atoms with Gasteiger partial charge in [0.15, 0.2) is 0 Å². The maximum Gasteiger partial charge on any atom is 0.323 e. The van der Waals surface area contributed by atoms with Crippen LogP contribution in [0.5, 0.6) is 0 Å². The highest BCUT2D eigenvalue weighted by Gasteiger charge is 2.25. The van der Waals surface area contributed by atoms with E-state index < -0.39 is 11.5 Å². The molecule has 0 saturated heterocycles. The predicted molar refractivity (Wildman–Crippen MR) is 33.6 cm³/mol. The van der Waals surface area contributed by atoms with E-state index >= 15 is 0 Å². The molecule has 0 amide bonds. The maximum absolute atomic E-state index is 10.2. The molecule has 1 atom stereocenters. The summed E-state index contributed by atoms with van der Waals surface area (Å²) < 4.78 is 0. The normalized spacial score (nSPS) is 16.2. The van der Waals surface area contributed by atoms with Crippen molar-refractivity contribution in [2.45, 2.75) is 18.9 Å². The minimum Gasteiger partial charge on any atom is -0.480 e. The Morgan fingerprint density at radius 3 is 2.56 bits per heavy atom. The first-order chi connectivity index (χ1) is 4.00. The van der Waals surface area contributed by atoms with E-state index in [1.54, 1.807) is 0 Å². The molecule has 4 heteroatoms. The summed E-state index contributed by atoms with van der Waals surface area (Å²) in [6.45, 7) is 1.38. The number of nitrogens with one attached hydrogen (secondary N) is 1. The zero-order chi connectivity index (χ0) is 7.49. The predicted octanol–water partition coefficient (Wildman–Crippen LogP) is -0.172. The molecular weight excluding hydrogens is 120 g/mol. The topological polar surface area (TPSA) is 87.2 Å². The number of nitrogens with two attached hydrogens (primary N) is 1. The van der Waals surface area contributed by atoms with Crippen LogP contribution in [-0.4, -0.2) is 22.8 Å². The van der Waals surface area contributed by atoms with Crippen molar-refractivity contribution in [3.63, 3.8) is 0 Å². The smallest absolute Gasteiger partial charge is 0.323 e. The molecule has 1 unspecified atom stereocenters. The molecule has 52 valence electrons. The van der Waals surface area contributed by atoms with Crippen LogP contribution in [0.4, 0.5) is 0 Å². The Morgan fingerprint density at radius 2 is 2.44 bits per heavy atom. The van der Waals surface area contributed by atoms with Gasteiger partial charge in [0, 0.05) is 6.42 Å². The highest BCUT2D eigenvalue weighted by atomic mass is 16.4. The van der Waals surface area contributed by atoms with Gasteiger partial charge in [-0.15, -0.1) is 0 Å². The summed E-state index contributed by atoms with van der Waals surface area (Å²) in [7, 11) is 0. The molecule has 0 aliphatic carbocycles. The Labute approximate surface area is 53.2 Å². The molecule has 4 nitrogen and oxygen atoms in total. The van der Waals surface area contributed by atoms with Crippen molar-refractivity contribution in [3.05, 3.63) is 0 Å². The number of rotatable bonds is 3. The van der Waals surface area contributed by atoms with E-state index in [0.717, 1.165) is 6.21 Å². The molecule has 4 N–H and O–H groups in total. The summed E-state index contributed by atoms with van der Waals surface area (Å²) >= 11 is 0. The maximum atomic E-state index is 10.2. The van der Waals surface area contributed by atoms with E-state index in [2.05, 4.69) is 0 Å². The Balaban J connectivity index is 4.00. The quantitative estimate of drug-likeness (QED) is 0.463. The van der Waals surface area contributed by atoms with Gasteiger partial charge >= 0.3 is 5.97 Å². The lowest BCUT2D eigenvalue weighted by molar-refractivity contribution is -0.142. The molecule has 0 bridgehead atoms. The zero-order valence-corrected chi connectivity index (χ0v) is 5.22. The average Bonchev–Trinajstić information content (AvgIpc) is 1.65. The third-order valence-corrected chi connectivity index (χ3v) is 1.01. The van der Waals surface area contributed by atoms with Gasteiger partial charge in [-0.2, -0.15) is 0 Å². The van der Waals surface area contributed by atoms with Crippen molar-refractivity contribution in [1.82, 2.24) is 0 Å². The number of carboxylic acids is 1. The molecule has 0 aromatic rings. The third kappa shape index (κ3) is 2.23. The monoisotopic (exact) mass is 130 g/mol. The first-order valence-corrected chi connectivity index (χ1v) is 2.52. The summed E-state index contributed by atoms with van der Waals surface area (Å²) in [4.78, 5) is 10.2. The molecule has 0 heterocycles. The second-order valence-electron chi connectivity index (χ2n) is 2.13. The van der Waals surface area contributed by atoms with E-state index in [0.29, 0.717) is 0 Å². The van der Waals surface area contributed by atoms with Crippen molar-refractivity contribution in [2.75, 3.05) is 0 Å². The fourth-order valence-corrected chi connectivity index (χ4v) is 0.299. The van der Waals surface area contributed by atoms with E-state index in [9.17, 15) is 4.79 Å². The third-order valence-electron chi connectivity index (χ3n) is 1.01. The highest BCUT2D eigenvalue weighted by Crippen LogP contribution is 2.01. The van der Waals surface area contributed by atoms with Gasteiger partial charge in [0.1, 0.15) is 5.54 Å². The lowest BCUT2D eigenvalue weighted by Crippen LogP contribution is -2.44. The number of aliphatic carboxylic acids is 1. The van der Waals surface area contributed by atoms with Crippen LogP contribution >= 0.6 is 0 Å². The zero-order valence-electron chi connectivity index (χ0n) is 5.22. The molecule has 0 saturated carbocycles. The van der Waals surface area contributed by atoms with Crippen LogP contribution in [0.15, 0.2) is 0 Å². The lowest BCUT2D eigenvalue weighted by Gasteiger charge is -2.14. The Hall–Kier alpha value is -0.900. The fraction of sp³-hybridized carbons (Fsp3) is 0.600. The molecule has 0 fully saturated rings. The Morgan fingerprint density at radius 1 is 2.00 bits per heavy atom. The Kier molecular flexibility index (Phi) is 2.33. The fourth-order valence-electron chi connectivity index (χ4n) is 0.299. The van der Waals surface area contributed by atoms with E-state index in [1.807, 2.05) is 0 Å². The van der Waals surface area contributed by atoms with Gasteiger partial charge in [0.2, 0.25) is 0 Å². The highest BCUT2D eigenvalue weighted by molar-refractivity contribution is 5.81. The van der Waals surface area contributed by atoms with Gasteiger partial charge in [-0.05, 0) is 13.1 Å². The van der Waals surface area contributed by atoms with Crippen LogP contribution in [0.2, 0.25) is 0 Å². The number of carboxylic acid groups (broad SMARTS) is 1. The molecule has 9 heavy (non-hydrogen) atoms. The second kappa shape index (κ2) is 2.59. The van der Waals surface area contributed by atoms with Crippen molar-refractivity contribution in [2.24, 2.45) is 5.73 Å².